The number of esters is 1. The highest BCUT2D eigenvalue weighted by Crippen LogP contribution is 2.45. The van der Waals surface area contributed by atoms with Gasteiger partial charge >= 0.3 is 5.97 Å². The highest BCUT2D eigenvalue weighted by atomic mass is 35.5. The molecule has 184 valence electrons. The van der Waals surface area contributed by atoms with Gasteiger partial charge in [-0.3, -0.25) is 4.55 Å². The lowest BCUT2D eigenvalue weighted by atomic mass is 9.79. The molecule has 0 saturated carbocycles. The second kappa shape index (κ2) is 9.71. The quantitative estimate of drug-likeness (QED) is 0.119. The summed E-state index contributed by atoms with van der Waals surface area (Å²) in [4.78, 5) is 13.6. The maximum absolute atomic E-state index is 13.6. The van der Waals surface area contributed by atoms with Crippen LogP contribution in [-0.2, 0) is 20.3 Å². The minimum Gasteiger partial charge on any atom is -0.416 e. The van der Waals surface area contributed by atoms with Crippen molar-refractivity contribution in [2.45, 2.75) is 32.1 Å². The Balaban J connectivity index is 1.79. The van der Waals surface area contributed by atoms with Crippen molar-refractivity contribution in [3.8, 4) is 5.75 Å². The van der Waals surface area contributed by atoms with Crippen LogP contribution in [0, 0.1) is 0 Å². The predicted octanol–water partition coefficient (Wildman–Crippen LogP) is 6.45. The van der Waals surface area contributed by atoms with Crippen molar-refractivity contribution < 1.29 is 27.1 Å². The van der Waals surface area contributed by atoms with Gasteiger partial charge in [-0.1, -0.05) is 59.1 Å². The Kier molecular flexibility index (Phi) is 7.19. The number of unbranched alkanes of at least 4 members (excludes halogenated alkanes) is 1. The average Bonchev–Trinajstić information content (AvgIpc) is 2.99. The third-order valence-electron chi connectivity index (χ3n) is 6.07. The van der Waals surface area contributed by atoms with Gasteiger partial charge in [-0.2, -0.15) is 13.0 Å². The molecule has 35 heavy (non-hydrogen) atoms. The summed E-state index contributed by atoms with van der Waals surface area (Å²) >= 11 is 18.5. The lowest BCUT2D eigenvalue weighted by molar-refractivity contribution is -0.438. The van der Waals surface area contributed by atoms with E-state index in [2.05, 4.69) is 0 Å². The largest absolute Gasteiger partial charge is 0.416 e. The molecule has 0 saturated heterocycles. The monoisotopic (exact) mass is 554 g/mol. The number of rotatable bonds is 7. The molecular weight excluding hydrogens is 533 g/mol. The predicted molar refractivity (Wildman–Crippen MR) is 140 cm³/mol. The Morgan fingerprint density at radius 3 is 2.34 bits per heavy atom. The van der Waals surface area contributed by atoms with Crippen LogP contribution in [0.15, 0.2) is 48.5 Å². The minimum absolute atomic E-state index is 0.0122. The first-order valence-corrected chi connectivity index (χ1v) is 13.6. The summed E-state index contributed by atoms with van der Waals surface area (Å²) < 4.78 is 39.0. The van der Waals surface area contributed by atoms with Gasteiger partial charge in [-0.05, 0) is 49.2 Å². The molecule has 1 aliphatic heterocycles. The first kappa shape index (κ1) is 25.9. The zero-order chi connectivity index (χ0) is 25.5. The van der Waals surface area contributed by atoms with Crippen LogP contribution in [0.2, 0.25) is 15.1 Å². The number of carbonyl (C=O) groups excluding carboxylic acids is 1. The van der Waals surface area contributed by atoms with Gasteiger partial charge in [-0.25, -0.2) is 4.79 Å². The molecule has 10 heteroatoms. The lowest BCUT2D eigenvalue weighted by Gasteiger charge is -2.18. The van der Waals surface area contributed by atoms with E-state index in [9.17, 15) is 13.2 Å². The summed E-state index contributed by atoms with van der Waals surface area (Å²) in [6, 6.07) is 14.7. The van der Waals surface area contributed by atoms with E-state index in [1.807, 2.05) is 54.8 Å². The van der Waals surface area contributed by atoms with Gasteiger partial charge in [0, 0.05) is 23.1 Å². The van der Waals surface area contributed by atoms with E-state index < -0.39 is 21.5 Å². The van der Waals surface area contributed by atoms with E-state index in [-0.39, 0.29) is 28.0 Å². The van der Waals surface area contributed by atoms with E-state index in [0.29, 0.717) is 23.7 Å². The van der Waals surface area contributed by atoms with Crippen LogP contribution < -0.4 is 4.74 Å². The molecule has 0 aromatic heterocycles. The maximum Gasteiger partial charge on any atom is 0.405 e. The van der Waals surface area contributed by atoms with Crippen molar-refractivity contribution in [3.63, 3.8) is 0 Å². The zero-order valence-electron chi connectivity index (χ0n) is 19.0. The van der Waals surface area contributed by atoms with Crippen LogP contribution in [0.4, 0.5) is 5.69 Å². The molecule has 0 radical (unpaired) electrons. The number of benzene rings is 3. The van der Waals surface area contributed by atoms with Crippen LogP contribution in [-0.4, -0.2) is 41.5 Å². The summed E-state index contributed by atoms with van der Waals surface area (Å²) in [5.74, 6) is -0.973. The fraction of sp³-hybridized carbons (Fsp3) is 0.280. The highest BCUT2D eigenvalue weighted by Gasteiger charge is 2.51. The molecule has 3 aromatic carbocycles. The molecule has 1 N–H and O–H groups in total. The van der Waals surface area contributed by atoms with Crippen molar-refractivity contribution in [2.75, 3.05) is 12.3 Å². The molecule has 6 nitrogen and oxygen atoms in total. The second-order valence-electron chi connectivity index (χ2n) is 8.89. The molecule has 0 aliphatic carbocycles. The van der Waals surface area contributed by atoms with Crippen molar-refractivity contribution in [3.05, 3.63) is 69.2 Å². The van der Waals surface area contributed by atoms with Gasteiger partial charge in [0.05, 0.1) is 21.2 Å². The number of carbonyl (C=O) groups is 1. The molecular formula is C25H23Cl3NO5S+. The van der Waals surface area contributed by atoms with Crippen LogP contribution >= 0.6 is 34.8 Å². The van der Waals surface area contributed by atoms with Crippen molar-refractivity contribution in [1.82, 2.24) is 0 Å². The van der Waals surface area contributed by atoms with Gasteiger partial charge in [0.1, 0.15) is 6.54 Å². The van der Waals surface area contributed by atoms with Crippen molar-refractivity contribution in [2.24, 2.45) is 0 Å². The zero-order valence-corrected chi connectivity index (χ0v) is 22.1. The third kappa shape index (κ3) is 5.20. The second-order valence-corrected chi connectivity index (χ2v) is 11.7. The minimum atomic E-state index is -4.07. The number of hydrogen-bond donors (Lipinski definition) is 1. The molecule has 1 heterocycles. The van der Waals surface area contributed by atoms with E-state index in [1.54, 1.807) is 0 Å². The molecule has 0 bridgehead atoms. The van der Waals surface area contributed by atoms with Gasteiger partial charge in [0.2, 0.25) is 5.69 Å². The first-order chi connectivity index (χ1) is 16.4. The molecule has 0 amide bonds. The van der Waals surface area contributed by atoms with E-state index >= 15 is 0 Å². The van der Waals surface area contributed by atoms with Crippen LogP contribution in [0.3, 0.4) is 0 Å². The summed E-state index contributed by atoms with van der Waals surface area (Å²) in [7, 11) is -4.07. The van der Waals surface area contributed by atoms with E-state index in [0.717, 1.165) is 22.0 Å². The van der Waals surface area contributed by atoms with Crippen LogP contribution in [0.1, 0.15) is 32.3 Å². The third-order valence-corrected chi connectivity index (χ3v) is 7.65. The number of fused-ring (bicyclic) bond motifs is 3. The summed E-state index contributed by atoms with van der Waals surface area (Å²) in [5.41, 5.74) is 1.42. The smallest absolute Gasteiger partial charge is 0.405 e. The van der Waals surface area contributed by atoms with Crippen LogP contribution in [0.5, 0.6) is 5.75 Å². The molecule has 0 fully saturated rings. The van der Waals surface area contributed by atoms with E-state index in [4.69, 9.17) is 44.1 Å². The molecule has 1 aliphatic rings. The highest BCUT2D eigenvalue weighted by molar-refractivity contribution is 7.85. The van der Waals surface area contributed by atoms with Crippen molar-refractivity contribution in [1.29, 1.82) is 0 Å². The van der Waals surface area contributed by atoms with Crippen LogP contribution in [0.25, 0.3) is 10.8 Å². The van der Waals surface area contributed by atoms with Gasteiger partial charge in [-0.15, -0.1) is 0 Å². The molecule has 0 atom stereocenters. The van der Waals surface area contributed by atoms with Gasteiger partial charge in [0.15, 0.2) is 5.75 Å². The number of ether oxygens (including phenoxy) is 1. The molecule has 0 spiro atoms. The molecule has 4 rings (SSSR count). The summed E-state index contributed by atoms with van der Waals surface area (Å²) in [5, 5.41) is 2.56. The number of hydrogen-bond acceptors (Lipinski definition) is 4. The number of nitrogens with zero attached hydrogens (tertiary/aromatic N) is 1. The average molecular weight is 556 g/mol. The van der Waals surface area contributed by atoms with Gasteiger partial charge in [0.25, 0.3) is 15.8 Å². The topological polar surface area (TPSA) is 83.7 Å². The molecule has 3 aromatic rings. The summed E-state index contributed by atoms with van der Waals surface area (Å²) in [6.07, 6.45) is 0.650. The Bertz CT molecular complexity index is 1460. The Labute approximate surface area is 218 Å². The Hall–Kier alpha value is -2.16. The fourth-order valence-electron chi connectivity index (χ4n) is 4.64. The normalized spacial score (nSPS) is 14.9. The maximum atomic E-state index is 13.6. The summed E-state index contributed by atoms with van der Waals surface area (Å²) in [6.45, 7) is 4.23. The standard InChI is InChI=1S/C25H22Cl3NO5S/c1-25(2)21-17-8-4-3-7-15(17)9-10-20(21)29(11-5-6-12-35(31,32)33)23(25)24(30)34-22-18(27)13-16(26)14-19(22)28/h3-4,7-10,13-14H,5-6,11-12H2,1-2H3/p+1. The fourth-order valence-corrected chi connectivity index (χ4v) is 6.10. The molecule has 0 unspecified atom stereocenters. The first-order valence-electron chi connectivity index (χ1n) is 10.9. The van der Waals surface area contributed by atoms with Crippen molar-refractivity contribution >= 4 is 73.1 Å². The lowest BCUT2D eigenvalue weighted by Crippen LogP contribution is -2.39. The number of halogens is 3. The van der Waals surface area contributed by atoms with Gasteiger partial charge < -0.3 is 4.74 Å². The van der Waals surface area contributed by atoms with E-state index in [1.165, 1.54) is 12.1 Å². The SMILES string of the molecule is CC1(C)C(C(=O)Oc2c(Cl)cc(Cl)cc2Cl)=[N+](CCCCS(=O)(=O)O)c2ccc3ccccc3c21. The Morgan fingerprint density at radius 1 is 1.03 bits per heavy atom. The Morgan fingerprint density at radius 2 is 1.69 bits per heavy atom.